The highest BCUT2D eigenvalue weighted by molar-refractivity contribution is 5.28. The van der Waals surface area contributed by atoms with Crippen LogP contribution < -0.4 is 4.74 Å². The van der Waals surface area contributed by atoms with Gasteiger partial charge >= 0.3 is 12.5 Å². The van der Waals surface area contributed by atoms with E-state index in [0.717, 1.165) is 24.3 Å². The molecule has 108 valence electrons. The zero-order valence-electron chi connectivity index (χ0n) is 9.42. The maximum absolute atomic E-state index is 11.9. The summed E-state index contributed by atoms with van der Waals surface area (Å²) in [5.74, 6) is -0.501. The third-order valence-corrected chi connectivity index (χ3v) is 2.20. The molecule has 1 aromatic rings. The van der Waals surface area contributed by atoms with E-state index in [0.29, 0.717) is 0 Å². The highest BCUT2D eigenvalue weighted by Gasteiger charge is 2.31. The highest BCUT2D eigenvalue weighted by atomic mass is 19.4. The van der Waals surface area contributed by atoms with Crippen molar-refractivity contribution in [3.8, 4) is 5.75 Å². The maximum Gasteiger partial charge on any atom is 0.573 e. The van der Waals surface area contributed by atoms with Crippen molar-refractivity contribution in [2.75, 3.05) is 0 Å². The molecule has 0 aromatic heterocycles. The lowest BCUT2D eigenvalue weighted by atomic mass is 10.0. The molecule has 0 heterocycles. The van der Waals surface area contributed by atoms with E-state index in [2.05, 4.69) is 4.74 Å². The minimum Gasteiger partial charge on any atom is -0.406 e. The first-order valence-electron chi connectivity index (χ1n) is 5.17. The van der Waals surface area contributed by atoms with Crippen LogP contribution in [-0.2, 0) is 0 Å². The molecule has 19 heavy (non-hydrogen) atoms. The maximum atomic E-state index is 11.9. The number of alkyl halides is 6. The van der Waals surface area contributed by atoms with Gasteiger partial charge in [0.2, 0.25) is 0 Å². The molecule has 0 saturated heterocycles. The molecule has 1 N–H and O–H groups in total. The van der Waals surface area contributed by atoms with E-state index < -0.39 is 37.2 Å². The van der Waals surface area contributed by atoms with Crippen LogP contribution in [0.15, 0.2) is 24.3 Å². The number of halogens is 6. The van der Waals surface area contributed by atoms with Gasteiger partial charge in [-0.15, -0.1) is 13.2 Å². The van der Waals surface area contributed by atoms with E-state index in [-0.39, 0.29) is 5.56 Å². The first kappa shape index (κ1) is 15.6. The first-order chi connectivity index (χ1) is 8.57. The van der Waals surface area contributed by atoms with Crippen molar-refractivity contribution in [3.63, 3.8) is 0 Å². The van der Waals surface area contributed by atoms with Gasteiger partial charge in [-0.1, -0.05) is 12.1 Å². The predicted molar refractivity (Wildman–Crippen MR) is 53.4 cm³/mol. The van der Waals surface area contributed by atoms with Crippen molar-refractivity contribution < 1.29 is 36.2 Å². The number of hydrogen-bond acceptors (Lipinski definition) is 2. The zero-order valence-corrected chi connectivity index (χ0v) is 9.42. The lowest BCUT2D eigenvalue weighted by molar-refractivity contribution is -0.274. The van der Waals surface area contributed by atoms with E-state index in [1.807, 2.05) is 0 Å². The third-order valence-electron chi connectivity index (χ3n) is 2.20. The number of benzene rings is 1. The normalized spacial score (nSPS) is 14.3. The summed E-state index contributed by atoms with van der Waals surface area (Å²) in [5.41, 5.74) is 0.0961. The first-order valence-corrected chi connectivity index (χ1v) is 5.17. The summed E-state index contributed by atoms with van der Waals surface area (Å²) in [6, 6.07) is 4.03. The molecule has 8 heteroatoms. The molecular weight excluding hydrogens is 278 g/mol. The minimum absolute atomic E-state index is 0.0961. The second-order valence-corrected chi connectivity index (χ2v) is 3.79. The standard InChI is InChI=1S/C11H10F6O2/c12-10(13,14)6-5-9(18)7-1-3-8(4-2-7)19-11(15,16)17/h1-4,9,18H,5-6H2. The number of hydrogen-bond donors (Lipinski definition) is 1. The van der Waals surface area contributed by atoms with E-state index in [1.54, 1.807) is 0 Å². The Hall–Kier alpha value is -1.44. The molecule has 1 unspecified atom stereocenters. The Labute approximate surface area is 104 Å². The summed E-state index contributed by atoms with van der Waals surface area (Å²) in [5, 5.41) is 9.44. The summed E-state index contributed by atoms with van der Waals surface area (Å²) in [7, 11) is 0. The zero-order chi connectivity index (χ0) is 14.7. The van der Waals surface area contributed by atoms with Gasteiger partial charge in [-0.2, -0.15) is 13.2 Å². The van der Waals surface area contributed by atoms with Crippen LogP contribution in [0.1, 0.15) is 24.5 Å². The summed E-state index contributed by atoms with van der Waals surface area (Å²) in [4.78, 5) is 0. The lowest BCUT2D eigenvalue weighted by Gasteiger charge is -2.14. The molecule has 0 radical (unpaired) electrons. The van der Waals surface area contributed by atoms with Crippen molar-refractivity contribution >= 4 is 0 Å². The lowest BCUT2D eigenvalue weighted by Crippen LogP contribution is -2.17. The van der Waals surface area contributed by atoms with Gasteiger partial charge in [-0.05, 0) is 24.1 Å². The minimum atomic E-state index is -4.84. The molecule has 0 saturated carbocycles. The highest BCUT2D eigenvalue weighted by Crippen LogP contribution is 2.29. The second-order valence-electron chi connectivity index (χ2n) is 3.79. The average molecular weight is 288 g/mol. The second kappa shape index (κ2) is 5.68. The molecule has 0 aliphatic carbocycles. The molecule has 1 atom stereocenters. The van der Waals surface area contributed by atoms with Gasteiger partial charge in [0.05, 0.1) is 6.10 Å². The topological polar surface area (TPSA) is 29.5 Å². The van der Waals surface area contributed by atoms with E-state index in [9.17, 15) is 31.4 Å². The van der Waals surface area contributed by atoms with Gasteiger partial charge in [0.25, 0.3) is 0 Å². The van der Waals surface area contributed by atoms with Crippen LogP contribution in [0.4, 0.5) is 26.3 Å². The summed E-state index contributed by atoms with van der Waals surface area (Å²) in [6.45, 7) is 0. The molecule has 0 aliphatic heterocycles. The number of ether oxygens (including phenoxy) is 1. The molecule has 1 rings (SSSR count). The van der Waals surface area contributed by atoms with Crippen LogP contribution in [0.2, 0.25) is 0 Å². The van der Waals surface area contributed by atoms with Gasteiger partial charge < -0.3 is 9.84 Å². The fourth-order valence-electron chi connectivity index (χ4n) is 1.36. The fourth-order valence-corrected chi connectivity index (χ4v) is 1.36. The summed E-state index contributed by atoms with van der Waals surface area (Å²) in [6.07, 6.45) is -12.3. The largest absolute Gasteiger partial charge is 0.573 e. The summed E-state index contributed by atoms with van der Waals surface area (Å²) < 4.78 is 74.9. The monoisotopic (exact) mass is 288 g/mol. The number of aliphatic hydroxyl groups is 1. The van der Waals surface area contributed by atoms with Crippen LogP contribution >= 0.6 is 0 Å². The van der Waals surface area contributed by atoms with Gasteiger partial charge in [-0.3, -0.25) is 0 Å². The Balaban J connectivity index is 2.60. The van der Waals surface area contributed by atoms with Crippen molar-refractivity contribution in [2.24, 2.45) is 0 Å². The average Bonchev–Trinajstić information content (AvgIpc) is 2.23. The van der Waals surface area contributed by atoms with Gasteiger partial charge in [-0.25, -0.2) is 0 Å². The predicted octanol–water partition coefficient (Wildman–Crippen LogP) is 3.96. The van der Waals surface area contributed by atoms with Crippen LogP contribution in [-0.4, -0.2) is 17.6 Å². The van der Waals surface area contributed by atoms with Crippen molar-refractivity contribution in [1.82, 2.24) is 0 Å². The Morgan fingerprint density at radius 1 is 1.00 bits per heavy atom. The van der Waals surface area contributed by atoms with Gasteiger partial charge in [0, 0.05) is 6.42 Å². The van der Waals surface area contributed by atoms with Crippen LogP contribution in [0.5, 0.6) is 5.75 Å². The molecule has 0 spiro atoms. The molecule has 1 aromatic carbocycles. The Kier molecular flexibility index (Phi) is 4.67. The SMILES string of the molecule is OC(CCC(F)(F)F)c1ccc(OC(F)(F)F)cc1. The molecule has 0 amide bonds. The van der Waals surface area contributed by atoms with E-state index >= 15 is 0 Å². The van der Waals surface area contributed by atoms with Crippen molar-refractivity contribution in [2.45, 2.75) is 31.5 Å². The van der Waals surface area contributed by atoms with Crippen molar-refractivity contribution in [1.29, 1.82) is 0 Å². The Bertz CT molecular complexity index is 395. The van der Waals surface area contributed by atoms with E-state index in [4.69, 9.17) is 0 Å². The molecule has 0 fully saturated rings. The van der Waals surface area contributed by atoms with Crippen LogP contribution in [0.3, 0.4) is 0 Å². The van der Waals surface area contributed by atoms with Crippen LogP contribution in [0, 0.1) is 0 Å². The van der Waals surface area contributed by atoms with Crippen molar-refractivity contribution in [3.05, 3.63) is 29.8 Å². The molecule has 2 nitrogen and oxygen atoms in total. The third kappa shape index (κ3) is 6.32. The number of rotatable bonds is 4. The van der Waals surface area contributed by atoms with E-state index in [1.165, 1.54) is 0 Å². The van der Waals surface area contributed by atoms with Gasteiger partial charge in [0.15, 0.2) is 0 Å². The van der Waals surface area contributed by atoms with Crippen LogP contribution in [0.25, 0.3) is 0 Å². The van der Waals surface area contributed by atoms with Gasteiger partial charge in [0.1, 0.15) is 5.75 Å². The Morgan fingerprint density at radius 3 is 1.95 bits per heavy atom. The molecule has 0 aliphatic rings. The fraction of sp³-hybridized carbons (Fsp3) is 0.455. The molecule has 0 bridgehead atoms. The smallest absolute Gasteiger partial charge is 0.406 e. The number of aliphatic hydroxyl groups excluding tert-OH is 1. The quantitative estimate of drug-likeness (QED) is 0.850. The molecular formula is C11H10F6O2. The Morgan fingerprint density at radius 2 is 1.53 bits per heavy atom. The summed E-state index contributed by atoms with van der Waals surface area (Å²) >= 11 is 0.